The highest BCUT2D eigenvalue weighted by atomic mass is 16.4. The summed E-state index contributed by atoms with van der Waals surface area (Å²) in [5.41, 5.74) is -1.68. The molecule has 100 valence electrons. The van der Waals surface area contributed by atoms with Crippen LogP contribution < -0.4 is 0 Å². The highest BCUT2D eigenvalue weighted by Gasteiger charge is 2.55. The van der Waals surface area contributed by atoms with Crippen LogP contribution in [-0.2, 0) is 0 Å². The van der Waals surface area contributed by atoms with Gasteiger partial charge in [0.15, 0.2) is 0 Å². The van der Waals surface area contributed by atoms with Gasteiger partial charge in [-0.1, -0.05) is 46.0 Å². The van der Waals surface area contributed by atoms with Crippen molar-refractivity contribution in [3.05, 3.63) is 0 Å². The first kappa shape index (κ1) is 13.4. The molecule has 2 atom stereocenters. The van der Waals surface area contributed by atoms with E-state index in [9.17, 15) is 10.2 Å². The molecule has 17 heavy (non-hydrogen) atoms. The molecule has 0 amide bonds. The van der Waals surface area contributed by atoms with Gasteiger partial charge in [0, 0.05) is 0 Å². The first-order valence-electron chi connectivity index (χ1n) is 7.45. The molecule has 2 fully saturated rings. The van der Waals surface area contributed by atoms with E-state index in [0.717, 1.165) is 38.5 Å². The Hall–Kier alpha value is -0.0800. The quantitative estimate of drug-likeness (QED) is 0.691. The minimum Gasteiger partial charge on any atom is -0.387 e. The zero-order valence-corrected chi connectivity index (χ0v) is 11.4. The fourth-order valence-corrected chi connectivity index (χ4v) is 4.29. The highest BCUT2D eigenvalue weighted by Crippen LogP contribution is 2.49. The Bertz CT molecular complexity index is 244. The lowest BCUT2D eigenvalue weighted by Crippen LogP contribution is -2.63. The molecule has 2 rings (SSSR count). The summed E-state index contributed by atoms with van der Waals surface area (Å²) in [5.74, 6) is 0.462. The maximum atomic E-state index is 11.2. The number of rotatable bonds is 1. The molecule has 2 heteroatoms. The fraction of sp³-hybridized carbons (Fsp3) is 1.00. The molecule has 2 saturated carbocycles. The monoisotopic (exact) mass is 240 g/mol. The molecule has 2 N–H and O–H groups in total. The summed E-state index contributed by atoms with van der Waals surface area (Å²) in [7, 11) is 0. The van der Waals surface area contributed by atoms with Crippen LogP contribution >= 0.6 is 0 Å². The van der Waals surface area contributed by atoms with Gasteiger partial charge in [0.2, 0.25) is 0 Å². The Kier molecular flexibility index (Phi) is 3.84. The summed E-state index contributed by atoms with van der Waals surface area (Å²) >= 11 is 0. The van der Waals surface area contributed by atoms with Crippen molar-refractivity contribution in [2.24, 2.45) is 11.8 Å². The number of hydrogen-bond donors (Lipinski definition) is 2. The van der Waals surface area contributed by atoms with E-state index >= 15 is 0 Å². The van der Waals surface area contributed by atoms with E-state index in [1.165, 1.54) is 19.3 Å². The molecule has 0 saturated heterocycles. The van der Waals surface area contributed by atoms with E-state index in [2.05, 4.69) is 13.8 Å². The lowest BCUT2D eigenvalue weighted by atomic mass is 9.59. The molecule has 2 unspecified atom stereocenters. The van der Waals surface area contributed by atoms with Gasteiger partial charge >= 0.3 is 0 Å². The molecule has 0 spiro atoms. The first-order valence-corrected chi connectivity index (χ1v) is 7.45. The number of aliphatic hydroxyl groups is 2. The Morgan fingerprint density at radius 3 is 1.71 bits per heavy atom. The first-order chi connectivity index (χ1) is 8.01. The standard InChI is InChI=1S/C15H28O2/c1-12-8-7-9-13(2)15(12,17)14(16)10-5-3-4-6-11-14/h12-13,16-17H,3-11H2,1-2H3. The summed E-state index contributed by atoms with van der Waals surface area (Å²) in [6, 6.07) is 0. The van der Waals surface area contributed by atoms with Gasteiger partial charge < -0.3 is 10.2 Å². The van der Waals surface area contributed by atoms with E-state index in [-0.39, 0.29) is 11.8 Å². The van der Waals surface area contributed by atoms with Crippen LogP contribution in [0.15, 0.2) is 0 Å². The maximum absolute atomic E-state index is 11.2. The van der Waals surface area contributed by atoms with Crippen molar-refractivity contribution in [1.29, 1.82) is 0 Å². The Morgan fingerprint density at radius 1 is 0.765 bits per heavy atom. The van der Waals surface area contributed by atoms with Gasteiger partial charge in [0.1, 0.15) is 0 Å². The van der Waals surface area contributed by atoms with E-state index in [1.54, 1.807) is 0 Å². The van der Waals surface area contributed by atoms with Crippen LogP contribution in [-0.4, -0.2) is 21.4 Å². The topological polar surface area (TPSA) is 40.5 Å². The van der Waals surface area contributed by atoms with Gasteiger partial charge in [0.05, 0.1) is 11.2 Å². The predicted octanol–water partition coefficient (Wildman–Crippen LogP) is 3.26. The van der Waals surface area contributed by atoms with Crippen molar-refractivity contribution in [1.82, 2.24) is 0 Å². The molecule has 0 heterocycles. The van der Waals surface area contributed by atoms with Crippen molar-refractivity contribution in [2.45, 2.75) is 82.8 Å². The van der Waals surface area contributed by atoms with E-state index < -0.39 is 11.2 Å². The smallest absolute Gasteiger partial charge is 0.0983 e. The Balaban J connectivity index is 2.26. The SMILES string of the molecule is CC1CCCC(C)C1(O)C1(O)CCCCCC1. The average molecular weight is 240 g/mol. The molecule has 0 radical (unpaired) electrons. The van der Waals surface area contributed by atoms with Gasteiger partial charge in [-0.3, -0.25) is 0 Å². The van der Waals surface area contributed by atoms with Crippen LogP contribution in [0.5, 0.6) is 0 Å². The Labute approximate surface area is 105 Å². The molecule has 2 aliphatic rings. The van der Waals surface area contributed by atoms with E-state index in [0.29, 0.717) is 0 Å². The highest BCUT2D eigenvalue weighted by molar-refractivity contribution is 5.07. The summed E-state index contributed by atoms with van der Waals surface area (Å²) in [6.45, 7) is 4.25. The van der Waals surface area contributed by atoms with Crippen molar-refractivity contribution in [3.8, 4) is 0 Å². The van der Waals surface area contributed by atoms with E-state index in [1.807, 2.05) is 0 Å². The summed E-state index contributed by atoms with van der Waals surface area (Å²) < 4.78 is 0. The van der Waals surface area contributed by atoms with Gasteiger partial charge in [-0.25, -0.2) is 0 Å². The van der Waals surface area contributed by atoms with Gasteiger partial charge in [-0.05, 0) is 37.5 Å². The van der Waals surface area contributed by atoms with Crippen LogP contribution in [0.25, 0.3) is 0 Å². The minimum absolute atomic E-state index is 0.231. The molecule has 0 aromatic carbocycles. The third-order valence-corrected chi connectivity index (χ3v) is 5.45. The molecular weight excluding hydrogens is 212 g/mol. The molecule has 2 aliphatic carbocycles. The van der Waals surface area contributed by atoms with Crippen molar-refractivity contribution < 1.29 is 10.2 Å². The normalized spacial score (nSPS) is 43.1. The van der Waals surface area contributed by atoms with Crippen molar-refractivity contribution in [3.63, 3.8) is 0 Å². The minimum atomic E-state index is -0.852. The number of hydrogen-bond acceptors (Lipinski definition) is 2. The average Bonchev–Trinajstić information content (AvgIpc) is 2.52. The zero-order valence-electron chi connectivity index (χ0n) is 11.4. The molecule has 0 aromatic rings. The second-order valence-electron chi connectivity index (χ2n) is 6.50. The lowest BCUT2D eigenvalue weighted by molar-refractivity contribution is -0.222. The van der Waals surface area contributed by atoms with Gasteiger partial charge in [-0.2, -0.15) is 0 Å². The van der Waals surface area contributed by atoms with Crippen LogP contribution in [0.1, 0.15) is 71.6 Å². The van der Waals surface area contributed by atoms with Crippen LogP contribution in [0.3, 0.4) is 0 Å². The third kappa shape index (κ3) is 2.15. The second kappa shape index (κ2) is 4.89. The Morgan fingerprint density at radius 2 is 1.24 bits per heavy atom. The van der Waals surface area contributed by atoms with Crippen LogP contribution in [0, 0.1) is 11.8 Å². The lowest BCUT2D eigenvalue weighted by Gasteiger charge is -2.53. The molecule has 2 nitrogen and oxygen atoms in total. The van der Waals surface area contributed by atoms with Gasteiger partial charge in [0.25, 0.3) is 0 Å². The summed E-state index contributed by atoms with van der Waals surface area (Å²) in [5, 5.41) is 22.2. The predicted molar refractivity (Wildman–Crippen MR) is 69.8 cm³/mol. The largest absolute Gasteiger partial charge is 0.387 e. The second-order valence-corrected chi connectivity index (χ2v) is 6.50. The molecular formula is C15H28O2. The fourth-order valence-electron chi connectivity index (χ4n) is 4.29. The van der Waals surface area contributed by atoms with E-state index in [4.69, 9.17) is 0 Å². The maximum Gasteiger partial charge on any atom is 0.0983 e. The summed E-state index contributed by atoms with van der Waals surface area (Å²) in [4.78, 5) is 0. The third-order valence-electron chi connectivity index (χ3n) is 5.45. The molecule has 0 bridgehead atoms. The summed E-state index contributed by atoms with van der Waals surface area (Å²) in [6.07, 6.45) is 9.45. The van der Waals surface area contributed by atoms with Crippen molar-refractivity contribution >= 4 is 0 Å². The zero-order chi connectivity index (χ0) is 12.5. The van der Waals surface area contributed by atoms with Gasteiger partial charge in [-0.15, -0.1) is 0 Å². The van der Waals surface area contributed by atoms with Crippen molar-refractivity contribution in [2.75, 3.05) is 0 Å². The molecule has 0 aliphatic heterocycles. The molecule has 0 aromatic heterocycles. The van der Waals surface area contributed by atoms with Crippen LogP contribution in [0.4, 0.5) is 0 Å². The van der Waals surface area contributed by atoms with Crippen LogP contribution in [0.2, 0.25) is 0 Å².